The number of ether oxygens (including phenoxy) is 3. The van der Waals surface area contributed by atoms with Crippen molar-refractivity contribution in [1.29, 1.82) is 0 Å². The monoisotopic (exact) mass is 423 g/mol. The van der Waals surface area contributed by atoms with Gasteiger partial charge >= 0.3 is 5.97 Å². The maximum atomic E-state index is 12.3. The molecule has 1 aromatic heterocycles. The predicted molar refractivity (Wildman–Crippen MR) is 114 cm³/mol. The Morgan fingerprint density at radius 3 is 2.58 bits per heavy atom. The normalized spacial score (nSPS) is 11.5. The standard InChI is InChI=1S/C23H25N3O5/c1-16(20-12-19(29-2)9-10-21(20)30-3)25-22(27)15-31-23(28)11-17-13-24-26(14-17)18-7-5-4-6-8-18/h4-10,12-14,16H,11,15H2,1-3H3,(H,25,27). The zero-order valence-electron chi connectivity index (χ0n) is 17.7. The maximum absolute atomic E-state index is 12.3. The van der Waals surface area contributed by atoms with Crippen LogP contribution in [0.3, 0.4) is 0 Å². The number of aromatic nitrogens is 2. The van der Waals surface area contributed by atoms with Gasteiger partial charge in [0.25, 0.3) is 5.91 Å². The number of rotatable bonds is 9. The second-order valence-corrected chi connectivity index (χ2v) is 6.86. The van der Waals surface area contributed by atoms with Gasteiger partial charge in [-0.05, 0) is 37.3 Å². The highest BCUT2D eigenvalue weighted by Gasteiger charge is 2.17. The molecule has 31 heavy (non-hydrogen) atoms. The highest BCUT2D eigenvalue weighted by atomic mass is 16.5. The number of benzene rings is 2. The molecule has 0 fully saturated rings. The van der Waals surface area contributed by atoms with Crippen LogP contribution in [-0.4, -0.2) is 42.5 Å². The van der Waals surface area contributed by atoms with Gasteiger partial charge in [0, 0.05) is 17.3 Å². The first-order valence-corrected chi connectivity index (χ1v) is 9.76. The molecular weight excluding hydrogens is 398 g/mol. The number of hydrogen-bond acceptors (Lipinski definition) is 6. The van der Waals surface area contributed by atoms with Gasteiger partial charge in [-0.25, -0.2) is 4.68 Å². The number of nitrogens with zero attached hydrogens (tertiary/aromatic N) is 2. The van der Waals surface area contributed by atoms with E-state index in [0.29, 0.717) is 17.1 Å². The fourth-order valence-electron chi connectivity index (χ4n) is 3.08. The molecular formula is C23H25N3O5. The number of esters is 1. The molecule has 3 rings (SSSR count). The van der Waals surface area contributed by atoms with Crippen molar-refractivity contribution < 1.29 is 23.8 Å². The van der Waals surface area contributed by atoms with Gasteiger partial charge in [-0.15, -0.1) is 0 Å². The van der Waals surface area contributed by atoms with Crippen molar-refractivity contribution in [2.45, 2.75) is 19.4 Å². The lowest BCUT2D eigenvalue weighted by Crippen LogP contribution is -2.31. The number of amides is 1. The number of carbonyl (C=O) groups is 2. The van der Waals surface area contributed by atoms with Crippen molar-refractivity contribution in [2.24, 2.45) is 0 Å². The smallest absolute Gasteiger partial charge is 0.310 e. The summed E-state index contributed by atoms with van der Waals surface area (Å²) >= 11 is 0. The first-order valence-electron chi connectivity index (χ1n) is 9.76. The largest absolute Gasteiger partial charge is 0.497 e. The topological polar surface area (TPSA) is 91.7 Å². The summed E-state index contributed by atoms with van der Waals surface area (Å²) in [6, 6.07) is 14.5. The zero-order chi connectivity index (χ0) is 22.2. The van der Waals surface area contributed by atoms with Gasteiger partial charge in [0.15, 0.2) is 6.61 Å². The molecule has 8 heteroatoms. The summed E-state index contributed by atoms with van der Waals surface area (Å²) in [5.74, 6) is 0.362. The zero-order valence-corrected chi connectivity index (χ0v) is 17.7. The fourth-order valence-corrected chi connectivity index (χ4v) is 3.08. The molecule has 0 aliphatic rings. The molecule has 0 aliphatic heterocycles. The Bertz CT molecular complexity index is 1030. The summed E-state index contributed by atoms with van der Waals surface area (Å²) in [6.07, 6.45) is 3.39. The van der Waals surface area contributed by atoms with Crippen LogP contribution in [0.4, 0.5) is 0 Å². The molecule has 0 saturated heterocycles. The second-order valence-electron chi connectivity index (χ2n) is 6.86. The summed E-state index contributed by atoms with van der Waals surface area (Å²) in [6.45, 7) is 1.44. The minimum absolute atomic E-state index is 0.0272. The van der Waals surface area contributed by atoms with Crippen LogP contribution in [0.25, 0.3) is 5.69 Å². The molecule has 0 bridgehead atoms. The van der Waals surface area contributed by atoms with Crippen molar-refractivity contribution in [1.82, 2.24) is 15.1 Å². The molecule has 1 N–H and O–H groups in total. The Morgan fingerprint density at radius 1 is 1.10 bits per heavy atom. The quantitative estimate of drug-likeness (QED) is 0.532. The van der Waals surface area contributed by atoms with Gasteiger partial charge in [-0.1, -0.05) is 18.2 Å². The summed E-state index contributed by atoms with van der Waals surface area (Å²) in [7, 11) is 3.12. The average Bonchev–Trinajstić information content (AvgIpc) is 3.26. The Hall–Kier alpha value is -3.81. The molecule has 0 aliphatic carbocycles. The van der Waals surface area contributed by atoms with E-state index in [1.54, 1.807) is 49.5 Å². The van der Waals surface area contributed by atoms with Crippen molar-refractivity contribution in [3.8, 4) is 17.2 Å². The van der Waals surface area contributed by atoms with Crippen molar-refractivity contribution in [3.63, 3.8) is 0 Å². The van der Waals surface area contributed by atoms with Crippen molar-refractivity contribution in [2.75, 3.05) is 20.8 Å². The number of para-hydroxylation sites is 1. The van der Waals surface area contributed by atoms with Crippen LogP contribution in [0, 0.1) is 0 Å². The number of nitrogens with one attached hydrogen (secondary N) is 1. The molecule has 1 heterocycles. The van der Waals surface area contributed by atoms with E-state index >= 15 is 0 Å². The van der Waals surface area contributed by atoms with Gasteiger partial charge in [0.2, 0.25) is 0 Å². The highest BCUT2D eigenvalue weighted by Crippen LogP contribution is 2.29. The molecule has 2 aromatic carbocycles. The SMILES string of the molecule is COc1ccc(OC)c(C(C)NC(=O)COC(=O)Cc2cnn(-c3ccccc3)c2)c1. The van der Waals surface area contributed by atoms with Gasteiger partial charge < -0.3 is 19.5 Å². The molecule has 0 radical (unpaired) electrons. The number of carbonyl (C=O) groups excluding carboxylic acids is 2. The Balaban J connectivity index is 1.51. The minimum atomic E-state index is -0.505. The van der Waals surface area contributed by atoms with E-state index in [0.717, 1.165) is 11.3 Å². The molecule has 3 aromatic rings. The van der Waals surface area contributed by atoms with E-state index in [1.807, 2.05) is 37.3 Å². The first kappa shape index (κ1) is 21.9. The van der Waals surface area contributed by atoms with Crippen LogP contribution >= 0.6 is 0 Å². The molecule has 8 nitrogen and oxygen atoms in total. The van der Waals surface area contributed by atoms with E-state index in [9.17, 15) is 9.59 Å². The number of methoxy groups -OCH3 is 2. The Kier molecular flexibility index (Phi) is 7.26. The van der Waals surface area contributed by atoms with Gasteiger partial charge in [-0.3, -0.25) is 9.59 Å². The average molecular weight is 423 g/mol. The third-order valence-corrected chi connectivity index (χ3v) is 4.65. The van der Waals surface area contributed by atoms with E-state index in [4.69, 9.17) is 14.2 Å². The fraction of sp³-hybridized carbons (Fsp3) is 0.261. The molecule has 1 unspecified atom stereocenters. The number of hydrogen-bond donors (Lipinski definition) is 1. The highest BCUT2D eigenvalue weighted by molar-refractivity contribution is 5.81. The predicted octanol–water partition coefficient (Wildman–Crippen LogP) is 2.85. The lowest BCUT2D eigenvalue weighted by molar-refractivity contribution is -0.148. The Morgan fingerprint density at radius 2 is 1.87 bits per heavy atom. The second kappa shape index (κ2) is 10.3. The molecule has 1 amide bonds. The summed E-state index contributed by atoms with van der Waals surface area (Å²) < 4.78 is 17.4. The molecule has 1 atom stereocenters. The van der Waals surface area contributed by atoms with Crippen LogP contribution in [-0.2, 0) is 20.7 Å². The molecule has 162 valence electrons. The maximum Gasteiger partial charge on any atom is 0.310 e. The van der Waals surface area contributed by atoms with E-state index in [-0.39, 0.29) is 19.1 Å². The third-order valence-electron chi connectivity index (χ3n) is 4.65. The van der Waals surface area contributed by atoms with Crippen molar-refractivity contribution in [3.05, 3.63) is 72.1 Å². The van der Waals surface area contributed by atoms with Crippen molar-refractivity contribution >= 4 is 11.9 Å². The van der Waals surface area contributed by atoms with E-state index < -0.39 is 11.9 Å². The van der Waals surface area contributed by atoms with Gasteiger partial charge in [0.1, 0.15) is 11.5 Å². The van der Waals surface area contributed by atoms with Gasteiger partial charge in [-0.2, -0.15) is 5.10 Å². The van der Waals surface area contributed by atoms with Crippen LogP contribution in [0.2, 0.25) is 0 Å². The van der Waals surface area contributed by atoms with Crippen LogP contribution in [0.1, 0.15) is 24.1 Å². The van der Waals surface area contributed by atoms with Crippen LogP contribution < -0.4 is 14.8 Å². The van der Waals surface area contributed by atoms with E-state index in [2.05, 4.69) is 10.4 Å². The summed E-state index contributed by atoms with van der Waals surface area (Å²) in [5.41, 5.74) is 2.35. The van der Waals surface area contributed by atoms with Gasteiger partial charge in [0.05, 0.1) is 38.6 Å². The third kappa shape index (κ3) is 5.85. The molecule has 0 saturated carbocycles. The Labute approximate surface area is 180 Å². The summed E-state index contributed by atoms with van der Waals surface area (Å²) in [4.78, 5) is 24.4. The van der Waals surface area contributed by atoms with Crippen LogP contribution in [0.5, 0.6) is 11.5 Å². The van der Waals surface area contributed by atoms with Crippen LogP contribution in [0.15, 0.2) is 60.9 Å². The lowest BCUT2D eigenvalue weighted by Gasteiger charge is -2.18. The molecule has 0 spiro atoms. The first-order chi connectivity index (χ1) is 15.0. The van der Waals surface area contributed by atoms with E-state index in [1.165, 1.54) is 0 Å². The summed E-state index contributed by atoms with van der Waals surface area (Å²) in [5, 5.41) is 7.04. The lowest BCUT2D eigenvalue weighted by atomic mass is 10.1. The minimum Gasteiger partial charge on any atom is -0.497 e.